The first kappa shape index (κ1) is 21.8. The number of carbonyl (C=O) groups excluding carboxylic acids is 2. The van der Waals surface area contributed by atoms with Crippen molar-refractivity contribution in [1.29, 1.82) is 0 Å². The minimum atomic E-state index is 0.172. The van der Waals surface area contributed by atoms with Crippen LogP contribution < -0.4 is 5.32 Å². The normalized spacial score (nSPS) is 19.5. The van der Waals surface area contributed by atoms with Crippen molar-refractivity contribution in [3.05, 3.63) is 35.9 Å². The Hall–Kier alpha value is -1.88. The number of hydrogen-bond acceptors (Lipinski definition) is 3. The molecule has 0 spiro atoms. The zero-order chi connectivity index (χ0) is 20.6. The van der Waals surface area contributed by atoms with E-state index < -0.39 is 0 Å². The number of carbonyl (C=O) groups is 2. The van der Waals surface area contributed by atoms with Gasteiger partial charge in [-0.2, -0.15) is 0 Å². The summed E-state index contributed by atoms with van der Waals surface area (Å²) >= 11 is 0. The highest BCUT2D eigenvalue weighted by Gasteiger charge is 2.31. The Kier molecular flexibility index (Phi) is 8.10. The third-order valence-electron chi connectivity index (χ3n) is 6.45. The van der Waals surface area contributed by atoms with Gasteiger partial charge in [0.15, 0.2) is 0 Å². The molecule has 2 heterocycles. The number of likely N-dealkylation sites (tertiary alicyclic amines) is 2. The average molecular weight is 400 g/mol. The SMILES string of the molecule is CC(C)CCNC(=O)C1CCN(C2CCN(C(=O)Cc3ccccc3)CC2)CC1. The summed E-state index contributed by atoms with van der Waals surface area (Å²) in [5.74, 6) is 1.28. The van der Waals surface area contributed by atoms with E-state index in [1.165, 1.54) is 0 Å². The fraction of sp³-hybridized carbons (Fsp3) is 0.667. The summed E-state index contributed by atoms with van der Waals surface area (Å²) in [6, 6.07) is 10.6. The van der Waals surface area contributed by atoms with Gasteiger partial charge < -0.3 is 15.1 Å². The molecule has 0 unspecified atom stereocenters. The van der Waals surface area contributed by atoms with Crippen molar-refractivity contribution in [1.82, 2.24) is 15.1 Å². The minimum Gasteiger partial charge on any atom is -0.356 e. The first-order valence-corrected chi connectivity index (χ1v) is 11.4. The van der Waals surface area contributed by atoms with Crippen LogP contribution in [0.1, 0.15) is 51.5 Å². The molecule has 29 heavy (non-hydrogen) atoms. The molecule has 0 aromatic heterocycles. The van der Waals surface area contributed by atoms with E-state index >= 15 is 0 Å². The van der Waals surface area contributed by atoms with Gasteiger partial charge in [-0.25, -0.2) is 0 Å². The van der Waals surface area contributed by atoms with Crippen LogP contribution in [0.5, 0.6) is 0 Å². The number of hydrogen-bond donors (Lipinski definition) is 1. The van der Waals surface area contributed by atoms with Gasteiger partial charge in [-0.15, -0.1) is 0 Å². The molecule has 160 valence electrons. The highest BCUT2D eigenvalue weighted by atomic mass is 16.2. The van der Waals surface area contributed by atoms with Crippen LogP contribution in [-0.2, 0) is 16.0 Å². The maximum absolute atomic E-state index is 12.6. The van der Waals surface area contributed by atoms with Crippen molar-refractivity contribution in [3.8, 4) is 0 Å². The summed E-state index contributed by atoms with van der Waals surface area (Å²) in [5.41, 5.74) is 1.09. The average Bonchev–Trinajstić information content (AvgIpc) is 2.74. The van der Waals surface area contributed by atoms with Gasteiger partial charge in [-0.05, 0) is 56.7 Å². The van der Waals surface area contributed by atoms with Crippen LogP contribution in [0.4, 0.5) is 0 Å². The summed E-state index contributed by atoms with van der Waals surface area (Å²) in [5, 5.41) is 3.11. The molecule has 1 N–H and O–H groups in total. The Bertz CT molecular complexity index is 645. The molecular weight excluding hydrogens is 362 g/mol. The van der Waals surface area contributed by atoms with Gasteiger partial charge in [0.1, 0.15) is 0 Å². The van der Waals surface area contributed by atoms with E-state index in [0.29, 0.717) is 18.4 Å². The fourth-order valence-electron chi connectivity index (χ4n) is 4.52. The molecule has 5 nitrogen and oxygen atoms in total. The second-order valence-electron chi connectivity index (χ2n) is 9.06. The molecule has 5 heteroatoms. The second kappa shape index (κ2) is 10.8. The van der Waals surface area contributed by atoms with Gasteiger partial charge in [0.2, 0.25) is 11.8 Å². The van der Waals surface area contributed by atoms with Gasteiger partial charge in [-0.3, -0.25) is 9.59 Å². The van der Waals surface area contributed by atoms with Crippen LogP contribution in [-0.4, -0.2) is 60.4 Å². The fourth-order valence-corrected chi connectivity index (χ4v) is 4.52. The van der Waals surface area contributed by atoms with Crippen molar-refractivity contribution in [3.63, 3.8) is 0 Å². The highest BCUT2D eigenvalue weighted by molar-refractivity contribution is 5.79. The van der Waals surface area contributed by atoms with Crippen LogP contribution in [0.3, 0.4) is 0 Å². The lowest BCUT2D eigenvalue weighted by molar-refractivity contribution is -0.132. The lowest BCUT2D eigenvalue weighted by atomic mass is 9.92. The topological polar surface area (TPSA) is 52.7 Å². The van der Waals surface area contributed by atoms with E-state index in [4.69, 9.17) is 0 Å². The Balaban J connectivity index is 1.36. The van der Waals surface area contributed by atoms with E-state index in [-0.39, 0.29) is 17.7 Å². The number of amides is 2. The molecule has 0 radical (unpaired) electrons. The minimum absolute atomic E-state index is 0.172. The number of benzene rings is 1. The molecule has 0 atom stereocenters. The van der Waals surface area contributed by atoms with Crippen molar-refractivity contribution < 1.29 is 9.59 Å². The molecule has 3 rings (SSSR count). The van der Waals surface area contributed by atoms with E-state index in [1.54, 1.807) is 0 Å². The van der Waals surface area contributed by atoms with Crippen LogP contribution in [0.25, 0.3) is 0 Å². The van der Waals surface area contributed by atoms with Crippen molar-refractivity contribution >= 4 is 11.8 Å². The number of piperidine rings is 2. The smallest absolute Gasteiger partial charge is 0.226 e. The third-order valence-corrected chi connectivity index (χ3v) is 6.45. The van der Waals surface area contributed by atoms with Crippen LogP contribution in [0.15, 0.2) is 30.3 Å². The molecule has 2 fully saturated rings. The molecular formula is C24H37N3O2. The number of nitrogens with one attached hydrogen (secondary N) is 1. The summed E-state index contributed by atoms with van der Waals surface area (Å²) in [6.07, 6.45) is 5.56. The monoisotopic (exact) mass is 399 g/mol. The van der Waals surface area contributed by atoms with Crippen molar-refractivity contribution in [2.24, 2.45) is 11.8 Å². The van der Waals surface area contributed by atoms with Crippen LogP contribution >= 0.6 is 0 Å². The lowest BCUT2D eigenvalue weighted by Gasteiger charge is -2.41. The van der Waals surface area contributed by atoms with Crippen LogP contribution in [0, 0.1) is 11.8 Å². The van der Waals surface area contributed by atoms with E-state index in [0.717, 1.165) is 70.4 Å². The first-order chi connectivity index (χ1) is 14.0. The molecule has 0 aliphatic carbocycles. The van der Waals surface area contributed by atoms with Gasteiger partial charge >= 0.3 is 0 Å². The van der Waals surface area contributed by atoms with Gasteiger partial charge in [-0.1, -0.05) is 44.2 Å². The van der Waals surface area contributed by atoms with E-state index in [1.807, 2.05) is 35.2 Å². The lowest BCUT2D eigenvalue weighted by Crippen LogP contribution is -2.50. The largest absolute Gasteiger partial charge is 0.356 e. The summed E-state index contributed by atoms with van der Waals surface area (Å²) in [7, 11) is 0. The zero-order valence-corrected chi connectivity index (χ0v) is 18.1. The predicted octanol–water partition coefficient (Wildman–Crippen LogP) is 3.09. The standard InChI is InChI=1S/C24H37N3O2/c1-19(2)8-13-25-24(29)21-9-14-26(15-10-21)22-11-16-27(17-12-22)23(28)18-20-6-4-3-5-7-20/h3-7,19,21-22H,8-18H2,1-2H3,(H,25,29). The summed E-state index contributed by atoms with van der Waals surface area (Å²) in [6.45, 7) is 8.89. The predicted molar refractivity (Wildman–Crippen MR) is 117 cm³/mol. The Labute approximate surface area is 175 Å². The maximum Gasteiger partial charge on any atom is 0.226 e. The molecule has 2 amide bonds. The Morgan fingerprint density at radius 1 is 1.00 bits per heavy atom. The van der Waals surface area contributed by atoms with Gasteiger partial charge in [0, 0.05) is 31.6 Å². The van der Waals surface area contributed by atoms with Gasteiger partial charge in [0.25, 0.3) is 0 Å². The molecule has 0 bridgehead atoms. The maximum atomic E-state index is 12.6. The number of rotatable bonds is 7. The molecule has 1 aromatic rings. The molecule has 2 aliphatic rings. The quantitative estimate of drug-likeness (QED) is 0.767. The summed E-state index contributed by atoms with van der Waals surface area (Å²) < 4.78 is 0. The Morgan fingerprint density at radius 3 is 2.28 bits per heavy atom. The Morgan fingerprint density at radius 2 is 1.66 bits per heavy atom. The molecule has 0 saturated carbocycles. The first-order valence-electron chi connectivity index (χ1n) is 11.4. The second-order valence-corrected chi connectivity index (χ2v) is 9.06. The van der Waals surface area contributed by atoms with Gasteiger partial charge in [0.05, 0.1) is 6.42 Å². The third kappa shape index (κ3) is 6.56. The summed E-state index contributed by atoms with van der Waals surface area (Å²) in [4.78, 5) is 29.5. The van der Waals surface area contributed by atoms with E-state index in [9.17, 15) is 9.59 Å². The number of nitrogens with zero attached hydrogens (tertiary/aromatic N) is 2. The molecule has 2 aliphatic heterocycles. The van der Waals surface area contributed by atoms with E-state index in [2.05, 4.69) is 24.1 Å². The molecule has 2 saturated heterocycles. The highest BCUT2D eigenvalue weighted by Crippen LogP contribution is 2.24. The van der Waals surface area contributed by atoms with Crippen LogP contribution in [0.2, 0.25) is 0 Å². The molecule has 1 aromatic carbocycles. The van der Waals surface area contributed by atoms with Crippen molar-refractivity contribution in [2.45, 2.75) is 58.4 Å². The zero-order valence-electron chi connectivity index (χ0n) is 18.1. The van der Waals surface area contributed by atoms with Crippen molar-refractivity contribution in [2.75, 3.05) is 32.7 Å².